The quantitative estimate of drug-likeness (QED) is 0.319. The number of carbonyl (C=O) groups excluding carboxylic acids is 1. The van der Waals surface area contributed by atoms with Gasteiger partial charge in [-0.05, 0) is 18.6 Å². The Morgan fingerprint density at radius 1 is 1.08 bits per heavy atom. The van der Waals surface area contributed by atoms with Gasteiger partial charge in [0, 0.05) is 24.2 Å². The zero-order valence-corrected chi connectivity index (χ0v) is 15.4. The molecule has 0 radical (unpaired) electrons. The van der Waals surface area contributed by atoms with Crippen molar-refractivity contribution in [2.24, 2.45) is 4.99 Å². The van der Waals surface area contributed by atoms with E-state index in [1.165, 1.54) is 50.7 Å². The van der Waals surface area contributed by atoms with Crippen molar-refractivity contribution in [3.8, 4) is 0 Å². The highest BCUT2D eigenvalue weighted by Crippen LogP contribution is 2.16. The van der Waals surface area contributed by atoms with Crippen molar-refractivity contribution in [2.45, 2.75) is 58.3 Å². The maximum absolute atomic E-state index is 12.1. The van der Waals surface area contributed by atoms with Crippen molar-refractivity contribution in [1.29, 1.82) is 0 Å². The molecule has 0 unspecified atom stereocenters. The molecule has 1 aromatic carbocycles. The van der Waals surface area contributed by atoms with Crippen LogP contribution in [0.4, 0.5) is 10.5 Å². The predicted octanol–water partition coefficient (Wildman–Crippen LogP) is 4.89. The number of non-ortho nitro benzene ring substituents is 1. The van der Waals surface area contributed by atoms with Gasteiger partial charge in [0.25, 0.3) is 5.69 Å². The second kappa shape index (κ2) is 10.5. The maximum atomic E-state index is 12.1. The summed E-state index contributed by atoms with van der Waals surface area (Å²) in [6.07, 6.45) is 9.29. The fraction of sp³-hybridized carbons (Fsp3) is 0.579. The molecular weight excluding hydrogens is 334 g/mol. The lowest BCUT2D eigenvalue weighted by Crippen LogP contribution is -2.38. The molecule has 7 heteroatoms. The number of ether oxygens (including phenoxy) is 1. The molecule has 0 fully saturated rings. The minimum atomic E-state index is -0.468. The van der Waals surface area contributed by atoms with E-state index in [0.717, 1.165) is 12.8 Å². The van der Waals surface area contributed by atoms with Gasteiger partial charge in [-0.2, -0.15) is 0 Å². The largest absolute Gasteiger partial charge is 0.418 e. The van der Waals surface area contributed by atoms with Crippen LogP contribution >= 0.6 is 0 Å². The van der Waals surface area contributed by atoms with Crippen LogP contribution in [0.2, 0.25) is 0 Å². The Hall–Kier alpha value is -2.44. The lowest BCUT2D eigenvalue weighted by molar-refractivity contribution is -0.384. The van der Waals surface area contributed by atoms with Crippen molar-refractivity contribution >= 4 is 17.7 Å². The van der Waals surface area contributed by atoms with Crippen LogP contribution < -0.4 is 0 Å². The first-order valence-electron chi connectivity index (χ1n) is 9.38. The van der Waals surface area contributed by atoms with Gasteiger partial charge < -0.3 is 4.74 Å². The van der Waals surface area contributed by atoms with Gasteiger partial charge in [0.05, 0.1) is 4.92 Å². The van der Waals surface area contributed by atoms with Gasteiger partial charge >= 0.3 is 6.09 Å². The van der Waals surface area contributed by atoms with Gasteiger partial charge in [0.1, 0.15) is 6.67 Å². The summed E-state index contributed by atoms with van der Waals surface area (Å²) in [5.74, 6) is 0.220. The summed E-state index contributed by atoms with van der Waals surface area (Å²) >= 11 is 0. The zero-order chi connectivity index (χ0) is 18.8. The lowest BCUT2D eigenvalue weighted by Gasteiger charge is -2.24. The average Bonchev–Trinajstić information content (AvgIpc) is 2.65. The van der Waals surface area contributed by atoms with E-state index in [4.69, 9.17) is 4.74 Å². The smallest absolute Gasteiger partial charge is 0.391 e. The SMILES string of the molecule is CCCCCCCCCCN1CN=C(c2ccc([N+](=O)[O-])cc2)OC1=O. The normalized spacial score (nSPS) is 14.1. The number of benzene rings is 1. The maximum Gasteiger partial charge on any atom is 0.418 e. The first kappa shape index (κ1) is 19.9. The van der Waals surface area contributed by atoms with Crippen molar-refractivity contribution in [3.63, 3.8) is 0 Å². The molecule has 1 aliphatic rings. The predicted molar refractivity (Wildman–Crippen MR) is 100 cm³/mol. The Bertz CT molecular complexity index is 628. The van der Waals surface area contributed by atoms with E-state index < -0.39 is 11.0 Å². The molecule has 0 saturated carbocycles. The van der Waals surface area contributed by atoms with Crippen LogP contribution in [0.25, 0.3) is 0 Å². The fourth-order valence-corrected chi connectivity index (χ4v) is 2.86. The molecule has 0 saturated heterocycles. The van der Waals surface area contributed by atoms with Crippen LogP contribution in [0.5, 0.6) is 0 Å². The topological polar surface area (TPSA) is 85.0 Å². The number of nitrogens with zero attached hydrogens (tertiary/aromatic N) is 3. The molecule has 1 amide bonds. The van der Waals surface area contributed by atoms with Crippen LogP contribution in [0.3, 0.4) is 0 Å². The first-order chi connectivity index (χ1) is 12.6. The van der Waals surface area contributed by atoms with E-state index in [-0.39, 0.29) is 18.3 Å². The molecule has 2 rings (SSSR count). The zero-order valence-electron chi connectivity index (χ0n) is 15.4. The number of nitro groups is 1. The average molecular weight is 361 g/mol. The Morgan fingerprint density at radius 2 is 1.69 bits per heavy atom. The summed E-state index contributed by atoms with van der Waals surface area (Å²) in [6.45, 7) is 3.12. The second-order valence-corrected chi connectivity index (χ2v) is 6.51. The van der Waals surface area contributed by atoms with Gasteiger partial charge in [-0.1, -0.05) is 51.9 Å². The van der Waals surface area contributed by atoms with Crippen molar-refractivity contribution in [2.75, 3.05) is 13.2 Å². The number of rotatable bonds is 11. The second-order valence-electron chi connectivity index (χ2n) is 6.51. The van der Waals surface area contributed by atoms with Gasteiger partial charge in [-0.25, -0.2) is 9.79 Å². The van der Waals surface area contributed by atoms with Gasteiger partial charge in [0.15, 0.2) is 0 Å². The number of hydrogen-bond acceptors (Lipinski definition) is 5. The molecule has 142 valence electrons. The number of cyclic esters (lactones) is 1. The molecule has 0 atom stereocenters. The van der Waals surface area contributed by atoms with Crippen LogP contribution in [-0.4, -0.2) is 35.0 Å². The van der Waals surface area contributed by atoms with E-state index in [1.807, 2.05) is 0 Å². The molecule has 0 aromatic heterocycles. The molecule has 0 spiro atoms. The molecule has 1 heterocycles. The van der Waals surface area contributed by atoms with Crippen LogP contribution in [0.15, 0.2) is 29.3 Å². The Balaban J connectivity index is 1.72. The summed E-state index contributed by atoms with van der Waals surface area (Å²) in [6, 6.07) is 5.83. The molecule has 0 N–H and O–H groups in total. The molecule has 1 aliphatic heterocycles. The third-order valence-electron chi connectivity index (χ3n) is 4.43. The minimum Gasteiger partial charge on any atom is -0.391 e. The molecule has 1 aromatic rings. The highest BCUT2D eigenvalue weighted by molar-refractivity contribution is 6.01. The molecule has 26 heavy (non-hydrogen) atoms. The number of aliphatic imine (C=N–C) groups is 1. The van der Waals surface area contributed by atoms with Crippen molar-refractivity contribution < 1.29 is 14.5 Å². The summed E-state index contributed by atoms with van der Waals surface area (Å²) in [7, 11) is 0. The third-order valence-corrected chi connectivity index (χ3v) is 4.43. The molecule has 7 nitrogen and oxygen atoms in total. The Labute approximate surface area is 154 Å². The minimum absolute atomic E-state index is 0.00666. The summed E-state index contributed by atoms with van der Waals surface area (Å²) < 4.78 is 5.27. The number of carbonyl (C=O) groups is 1. The van der Waals surface area contributed by atoms with E-state index in [1.54, 1.807) is 17.0 Å². The number of hydrogen-bond donors (Lipinski definition) is 0. The van der Waals surface area contributed by atoms with Crippen molar-refractivity contribution in [3.05, 3.63) is 39.9 Å². The highest BCUT2D eigenvalue weighted by atomic mass is 16.6. The third kappa shape index (κ3) is 6.13. The van der Waals surface area contributed by atoms with Gasteiger partial charge in [0.2, 0.25) is 5.90 Å². The van der Waals surface area contributed by atoms with Gasteiger partial charge in [-0.15, -0.1) is 0 Å². The lowest BCUT2D eigenvalue weighted by atomic mass is 10.1. The Morgan fingerprint density at radius 3 is 2.27 bits per heavy atom. The number of amides is 1. The fourth-order valence-electron chi connectivity index (χ4n) is 2.86. The number of nitro benzene ring substituents is 1. The Kier molecular flexibility index (Phi) is 8.05. The summed E-state index contributed by atoms with van der Waals surface area (Å²) in [5.41, 5.74) is 0.559. The summed E-state index contributed by atoms with van der Waals surface area (Å²) in [4.78, 5) is 28.2. The van der Waals surface area contributed by atoms with Crippen LogP contribution in [-0.2, 0) is 4.74 Å². The van der Waals surface area contributed by atoms with E-state index in [9.17, 15) is 14.9 Å². The highest BCUT2D eigenvalue weighted by Gasteiger charge is 2.23. The van der Waals surface area contributed by atoms with E-state index in [0.29, 0.717) is 12.1 Å². The molecular formula is C19H27N3O4. The molecule has 0 aliphatic carbocycles. The van der Waals surface area contributed by atoms with Crippen LogP contribution in [0, 0.1) is 10.1 Å². The van der Waals surface area contributed by atoms with Crippen LogP contribution in [0.1, 0.15) is 63.9 Å². The number of unbranched alkanes of at least 4 members (excludes halogenated alkanes) is 7. The van der Waals surface area contributed by atoms with Gasteiger partial charge in [-0.3, -0.25) is 15.0 Å². The van der Waals surface area contributed by atoms with E-state index in [2.05, 4.69) is 11.9 Å². The standard InChI is InChI=1S/C19H27N3O4/c1-2-3-4-5-6-7-8-9-14-21-15-20-18(26-19(21)23)16-10-12-17(13-11-16)22(24)25/h10-13H,2-9,14-15H2,1H3. The monoisotopic (exact) mass is 361 g/mol. The molecule has 0 bridgehead atoms. The summed E-state index contributed by atoms with van der Waals surface area (Å²) in [5, 5.41) is 10.7. The first-order valence-corrected chi connectivity index (χ1v) is 9.38. The van der Waals surface area contributed by atoms with E-state index >= 15 is 0 Å². The van der Waals surface area contributed by atoms with Crippen molar-refractivity contribution in [1.82, 2.24) is 4.90 Å².